The lowest BCUT2D eigenvalue weighted by molar-refractivity contribution is -0.148. The monoisotopic (exact) mass is 568 g/mol. The highest BCUT2D eigenvalue weighted by molar-refractivity contribution is 5.69. The van der Waals surface area contributed by atoms with Gasteiger partial charge in [-0.1, -0.05) is 131 Å². The van der Waals surface area contributed by atoms with E-state index in [-0.39, 0.29) is 12.1 Å². The Morgan fingerprint density at radius 1 is 0.561 bits per heavy atom. The number of carbonyl (C=O) groups is 2. The summed E-state index contributed by atoms with van der Waals surface area (Å²) in [6.07, 6.45) is 46.1. The lowest BCUT2D eigenvalue weighted by Gasteiger charge is -2.12. The van der Waals surface area contributed by atoms with Crippen LogP contribution in [0.15, 0.2) is 72.9 Å². The van der Waals surface area contributed by atoms with Crippen molar-refractivity contribution >= 4 is 11.9 Å². The van der Waals surface area contributed by atoms with Crippen molar-refractivity contribution in [3.8, 4) is 0 Å². The Bertz CT molecular complexity index is 785. The van der Waals surface area contributed by atoms with Crippen molar-refractivity contribution in [1.29, 1.82) is 0 Å². The first-order valence-corrected chi connectivity index (χ1v) is 16.4. The number of allylic oxidation sites excluding steroid dienone is 12. The molecule has 41 heavy (non-hydrogen) atoms. The van der Waals surface area contributed by atoms with Crippen LogP contribution in [-0.4, -0.2) is 23.1 Å². The molecule has 0 aromatic rings. The smallest absolute Gasteiger partial charge is 0.306 e. The topological polar surface area (TPSA) is 63.6 Å². The molecule has 0 heterocycles. The van der Waals surface area contributed by atoms with E-state index in [2.05, 4.69) is 79.8 Å². The number of rotatable bonds is 28. The number of esters is 1. The Hall–Kier alpha value is -2.62. The molecular weight excluding hydrogens is 508 g/mol. The fourth-order valence-corrected chi connectivity index (χ4v) is 4.31. The highest BCUT2D eigenvalue weighted by Crippen LogP contribution is 2.14. The number of carboxylic acids is 1. The van der Waals surface area contributed by atoms with E-state index < -0.39 is 5.97 Å². The molecule has 0 bridgehead atoms. The minimum atomic E-state index is -0.685. The molecule has 0 rings (SSSR count). The van der Waals surface area contributed by atoms with E-state index in [0.29, 0.717) is 12.8 Å². The lowest BCUT2D eigenvalue weighted by atomic mass is 10.0. The second-order valence-corrected chi connectivity index (χ2v) is 10.7. The van der Waals surface area contributed by atoms with Gasteiger partial charge in [0.1, 0.15) is 0 Å². The first kappa shape index (κ1) is 38.4. The predicted molar refractivity (Wildman–Crippen MR) is 176 cm³/mol. The van der Waals surface area contributed by atoms with Crippen LogP contribution in [0.25, 0.3) is 0 Å². The Balaban J connectivity index is 3.56. The Kier molecular flexibility index (Phi) is 29.9. The van der Waals surface area contributed by atoms with Crippen LogP contribution < -0.4 is 0 Å². The zero-order valence-corrected chi connectivity index (χ0v) is 26.3. The van der Waals surface area contributed by atoms with Crippen LogP contribution in [-0.2, 0) is 14.3 Å². The maximum absolute atomic E-state index is 12.1. The molecule has 0 aromatic carbocycles. The second kappa shape index (κ2) is 31.9. The Labute approximate surface area is 252 Å². The van der Waals surface area contributed by atoms with Gasteiger partial charge < -0.3 is 9.84 Å². The standard InChI is InChI=1S/C37H60O4/c1-3-4-5-6-7-8-9-10-11-12-13-14-15-16-17-22-25-28-31-34-37(40)41-35(2)32-29-26-23-20-18-19-21-24-27-30-33-36(38)39/h4-5,7-8,10-11,13-14,16-17,25,28,35H,3,6,9,12,15,18-24,26-27,29-34H2,1-2H3,(H,38,39)/b5-4-,8-7-,11-10-,14-13-,17-16-,28-25-. The van der Waals surface area contributed by atoms with Crippen LogP contribution in [0.4, 0.5) is 0 Å². The van der Waals surface area contributed by atoms with Gasteiger partial charge in [0.05, 0.1) is 6.10 Å². The zero-order valence-electron chi connectivity index (χ0n) is 26.3. The molecule has 0 aliphatic rings. The van der Waals surface area contributed by atoms with Crippen LogP contribution in [0.1, 0.15) is 142 Å². The van der Waals surface area contributed by atoms with Gasteiger partial charge in [0.2, 0.25) is 0 Å². The quantitative estimate of drug-likeness (QED) is 0.0579. The third kappa shape index (κ3) is 33.5. The number of aliphatic carboxylic acids is 1. The summed E-state index contributed by atoms with van der Waals surface area (Å²) in [6, 6.07) is 0. The molecule has 0 aliphatic carbocycles. The summed E-state index contributed by atoms with van der Waals surface area (Å²) < 4.78 is 5.55. The molecule has 0 radical (unpaired) electrons. The number of carboxylic acid groups (broad SMARTS) is 1. The molecule has 0 spiro atoms. The normalized spacial score (nSPS) is 13.2. The molecule has 0 fully saturated rings. The lowest BCUT2D eigenvalue weighted by Crippen LogP contribution is -2.14. The summed E-state index contributed by atoms with van der Waals surface area (Å²) in [5.74, 6) is -0.782. The summed E-state index contributed by atoms with van der Waals surface area (Å²) in [5, 5.41) is 8.63. The van der Waals surface area contributed by atoms with Gasteiger partial charge in [-0.25, -0.2) is 0 Å². The van der Waals surface area contributed by atoms with Crippen molar-refractivity contribution in [2.24, 2.45) is 0 Å². The van der Waals surface area contributed by atoms with Gasteiger partial charge in [-0.2, -0.15) is 0 Å². The summed E-state index contributed by atoms with van der Waals surface area (Å²) in [5.41, 5.74) is 0. The van der Waals surface area contributed by atoms with Crippen molar-refractivity contribution < 1.29 is 19.4 Å². The molecule has 0 amide bonds. The first-order chi connectivity index (χ1) is 20.1. The SMILES string of the molecule is CC/C=C\C/C=C\C/C=C\C/C=C\C/C=C\C/C=C\CCC(=O)OC(C)CCCCCCCCCCCCC(=O)O. The predicted octanol–water partition coefficient (Wildman–Crippen LogP) is 11.2. The van der Waals surface area contributed by atoms with Crippen molar-refractivity contribution in [1.82, 2.24) is 0 Å². The average Bonchev–Trinajstić information content (AvgIpc) is 2.94. The van der Waals surface area contributed by atoms with Crippen molar-refractivity contribution in [2.45, 2.75) is 148 Å². The number of unbranched alkanes of at least 4 members (excludes halogenated alkanes) is 9. The van der Waals surface area contributed by atoms with Crippen molar-refractivity contribution in [2.75, 3.05) is 0 Å². The van der Waals surface area contributed by atoms with Gasteiger partial charge in [0.25, 0.3) is 0 Å². The maximum atomic E-state index is 12.1. The van der Waals surface area contributed by atoms with E-state index in [4.69, 9.17) is 9.84 Å². The fraction of sp³-hybridized carbons (Fsp3) is 0.622. The van der Waals surface area contributed by atoms with E-state index in [9.17, 15) is 9.59 Å². The largest absolute Gasteiger partial charge is 0.481 e. The zero-order chi connectivity index (χ0) is 30.1. The molecule has 1 unspecified atom stereocenters. The van der Waals surface area contributed by atoms with Crippen LogP contribution >= 0.6 is 0 Å². The van der Waals surface area contributed by atoms with Crippen LogP contribution in [0.5, 0.6) is 0 Å². The maximum Gasteiger partial charge on any atom is 0.306 e. The molecule has 1 atom stereocenters. The molecule has 0 aliphatic heterocycles. The van der Waals surface area contributed by atoms with E-state index in [1.54, 1.807) is 0 Å². The van der Waals surface area contributed by atoms with Gasteiger partial charge in [-0.15, -0.1) is 0 Å². The molecule has 1 N–H and O–H groups in total. The van der Waals surface area contributed by atoms with Gasteiger partial charge in [0, 0.05) is 12.8 Å². The number of hydrogen-bond donors (Lipinski definition) is 1. The van der Waals surface area contributed by atoms with E-state index in [1.807, 2.05) is 6.92 Å². The third-order valence-electron chi connectivity index (χ3n) is 6.70. The van der Waals surface area contributed by atoms with Gasteiger partial charge in [-0.05, 0) is 71.1 Å². The Morgan fingerprint density at radius 2 is 0.951 bits per heavy atom. The van der Waals surface area contributed by atoms with Crippen LogP contribution in [0.2, 0.25) is 0 Å². The van der Waals surface area contributed by atoms with E-state index >= 15 is 0 Å². The third-order valence-corrected chi connectivity index (χ3v) is 6.70. The molecule has 0 aromatic heterocycles. The molecule has 0 saturated carbocycles. The number of carbonyl (C=O) groups excluding carboxylic acids is 1. The van der Waals surface area contributed by atoms with Gasteiger partial charge in [-0.3, -0.25) is 9.59 Å². The summed E-state index contributed by atoms with van der Waals surface area (Å²) in [6.45, 7) is 4.15. The molecule has 4 heteroatoms. The highest BCUT2D eigenvalue weighted by Gasteiger charge is 2.08. The average molecular weight is 569 g/mol. The van der Waals surface area contributed by atoms with Gasteiger partial charge in [0.15, 0.2) is 0 Å². The molecule has 232 valence electrons. The van der Waals surface area contributed by atoms with E-state index in [1.165, 1.54) is 38.5 Å². The number of hydrogen-bond acceptors (Lipinski definition) is 3. The Morgan fingerprint density at radius 3 is 1.39 bits per heavy atom. The number of ether oxygens (including phenoxy) is 1. The fourth-order valence-electron chi connectivity index (χ4n) is 4.31. The van der Waals surface area contributed by atoms with Crippen molar-refractivity contribution in [3.63, 3.8) is 0 Å². The van der Waals surface area contributed by atoms with Crippen molar-refractivity contribution in [3.05, 3.63) is 72.9 Å². The van der Waals surface area contributed by atoms with Crippen LogP contribution in [0, 0.1) is 0 Å². The van der Waals surface area contributed by atoms with Crippen LogP contribution in [0.3, 0.4) is 0 Å². The second-order valence-electron chi connectivity index (χ2n) is 10.7. The highest BCUT2D eigenvalue weighted by atomic mass is 16.5. The van der Waals surface area contributed by atoms with Gasteiger partial charge >= 0.3 is 11.9 Å². The molecule has 4 nitrogen and oxygen atoms in total. The summed E-state index contributed by atoms with van der Waals surface area (Å²) in [4.78, 5) is 22.5. The first-order valence-electron chi connectivity index (χ1n) is 16.4. The summed E-state index contributed by atoms with van der Waals surface area (Å²) in [7, 11) is 0. The minimum absolute atomic E-state index is 0.00132. The molecular formula is C37H60O4. The molecule has 0 saturated heterocycles. The van der Waals surface area contributed by atoms with E-state index in [0.717, 1.165) is 77.0 Å². The minimum Gasteiger partial charge on any atom is -0.481 e. The summed E-state index contributed by atoms with van der Waals surface area (Å²) >= 11 is 0.